The summed E-state index contributed by atoms with van der Waals surface area (Å²) in [7, 11) is 1.80. The van der Waals surface area contributed by atoms with Crippen molar-refractivity contribution in [3.05, 3.63) is 79.3 Å². The van der Waals surface area contributed by atoms with Gasteiger partial charge in [0.1, 0.15) is 11.2 Å². The zero-order valence-electron chi connectivity index (χ0n) is 18.7. The van der Waals surface area contributed by atoms with E-state index in [1.807, 2.05) is 6.20 Å². The summed E-state index contributed by atoms with van der Waals surface area (Å²) in [5.41, 5.74) is 1.06. The zero-order chi connectivity index (χ0) is 24.4. The van der Waals surface area contributed by atoms with Gasteiger partial charge in [-0.1, -0.05) is 0 Å². The van der Waals surface area contributed by atoms with E-state index in [1.54, 1.807) is 60.8 Å². The Morgan fingerprint density at radius 1 is 1.00 bits per heavy atom. The van der Waals surface area contributed by atoms with Crippen molar-refractivity contribution in [2.45, 2.75) is 12.8 Å². The summed E-state index contributed by atoms with van der Waals surface area (Å²) in [6.45, 7) is 0. The van der Waals surface area contributed by atoms with Crippen molar-refractivity contribution in [2.75, 3.05) is 10.6 Å². The summed E-state index contributed by atoms with van der Waals surface area (Å²) in [6.07, 6.45) is 8.99. The van der Waals surface area contributed by atoms with Crippen LogP contribution >= 0.6 is 0 Å². The molecule has 5 rings (SSSR count). The molecule has 4 aromatic rings. The molecule has 0 spiro atoms. The second kappa shape index (κ2) is 8.98. The first kappa shape index (κ1) is 22.2. The molecule has 35 heavy (non-hydrogen) atoms. The molecular formula is C25H21FN6O3. The number of aryl methyl sites for hydroxylation is 1. The van der Waals surface area contributed by atoms with E-state index >= 15 is 0 Å². The van der Waals surface area contributed by atoms with E-state index in [4.69, 9.17) is 4.74 Å². The molecule has 1 fully saturated rings. The summed E-state index contributed by atoms with van der Waals surface area (Å²) in [6, 6.07) is 10.7. The van der Waals surface area contributed by atoms with Crippen LogP contribution < -0.4 is 15.4 Å². The van der Waals surface area contributed by atoms with Gasteiger partial charge in [-0.15, -0.1) is 0 Å². The van der Waals surface area contributed by atoms with Gasteiger partial charge < -0.3 is 15.4 Å². The van der Waals surface area contributed by atoms with Crippen LogP contribution in [0.25, 0.3) is 11.3 Å². The van der Waals surface area contributed by atoms with Crippen LogP contribution in [0.4, 0.5) is 15.8 Å². The van der Waals surface area contributed by atoms with Gasteiger partial charge >= 0.3 is 0 Å². The standard InChI is InChI=1S/C25H21FN6O3/c1-32-15-16(14-29-32)21-13-19(6-11-28-21)35-22-3-2-18(12-20(22)26)31-24(34)25(7-8-25)23(33)30-17-4-9-27-10-5-17/h2-6,9-15H,7-8H2,1H3,(H,31,34)(H,27,30,33). The molecule has 2 amide bonds. The number of nitrogens with one attached hydrogen (secondary N) is 2. The summed E-state index contributed by atoms with van der Waals surface area (Å²) in [4.78, 5) is 33.7. The van der Waals surface area contributed by atoms with Gasteiger partial charge in [0, 0.05) is 60.9 Å². The number of hydrogen-bond donors (Lipinski definition) is 2. The second-order valence-corrected chi connectivity index (χ2v) is 8.25. The number of carbonyl (C=O) groups excluding carboxylic acids is 2. The van der Waals surface area contributed by atoms with Gasteiger partial charge in [0.05, 0.1) is 11.9 Å². The van der Waals surface area contributed by atoms with Gasteiger partial charge in [-0.05, 0) is 43.2 Å². The third-order valence-electron chi connectivity index (χ3n) is 5.71. The Hall–Kier alpha value is -4.60. The van der Waals surface area contributed by atoms with Crippen molar-refractivity contribution in [1.82, 2.24) is 19.7 Å². The molecule has 1 aliphatic carbocycles. The third kappa shape index (κ3) is 4.72. The van der Waals surface area contributed by atoms with E-state index in [9.17, 15) is 14.0 Å². The number of halogens is 1. The van der Waals surface area contributed by atoms with E-state index < -0.39 is 23.0 Å². The third-order valence-corrected chi connectivity index (χ3v) is 5.71. The molecule has 0 saturated heterocycles. The molecule has 0 aliphatic heterocycles. The maximum Gasteiger partial charge on any atom is 0.240 e. The summed E-state index contributed by atoms with van der Waals surface area (Å²) in [5, 5.41) is 9.50. The maximum atomic E-state index is 14.8. The van der Waals surface area contributed by atoms with Crippen molar-refractivity contribution < 1.29 is 18.7 Å². The van der Waals surface area contributed by atoms with Crippen LogP contribution in [0, 0.1) is 11.2 Å². The maximum absolute atomic E-state index is 14.8. The predicted octanol–water partition coefficient (Wildman–Crippen LogP) is 4.17. The number of hydrogen-bond acceptors (Lipinski definition) is 6. The Morgan fingerprint density at radius 3 is 2.40 bits per heavy atom. The molecule has 2 N–H and O–H groups in total. The van der Waals surface area contributed by atoms with Crippen molar-refractivity contribution in [3.63, 3.8) is 0 Å². The average Bonchev–Trinajstić information content (AvgIpc) is 3.56. The smallest absolute Gasteiger partial charge is 0.240 e. The summed E-state index contributed by atoms with van der Waals surface area (Å²) < 4.78 is 22.1. The lowest BCUT2D eigenvalue weighted by molar-refractivity contribution is -0.131. The van der Waals surface area contributed by atoms with Gasteiger partial charge in [0.2, 0.25) is 11.8 Å². The van der Waals surface area contributed by atoms with Crippen LogP contribution in [0.1, 0.15) is 12.8 Å². The van der Waals surface area contributed by atoms with Crippen LogP contribution in [0.15, 0.2) is 73.4 Å². The molecule has 1 aliphatic rings. The monoisotopic (exact) mass is 472 g/mol. The van der Waals surface area contributed by atoms with E-state index in [0.29, 0.717) is 30.0 Å². The first-order chi connectivity index (χ1) is 16.9. The summed E-state index contributed by atoms with van der Waals surface area (Å²) >= 11 is 0. The van der Waals surface area contributed by atoms with E-state index in [2.05, 4.69) is 25.7 Å². The SMILES string of the molecule is Cn1cc(-c2cc(Oc3ccc(NC(=O)C4(C(=O)Nc5ccncc5)CC4)cc3F)ccn2)cn1. The fourth-order valence-corrected chi connectivity index (χ4v) is 3.59. The highest BCUT2D eigenvalue weighted by molar-refractivity contribution is 6.16. The van der Waals surface area contributed by atoms with Crippen LogP contribution in [-0.2, 0) is 16.6 Å². The average molecular weight is 472 g/mol. The molecule has 176 valence electrons. The minimum atomic E-state index is -1.17. The lowest BCUT2D eigenvalue weighted by Gasteiger charge is -2.16. The van der Waals surface area contributed by atoms with E-state index in [1.165, 1.54) is 12.1 Å². The molecule has 1 aromatic carbocycles. The minimum absolute atomic E-state index is 0.0112. The van der Waals surface area contributed by atoms with Crippen molar-refractivity contribution in [1.29, 1.82) is 0 Å². The van der Waals surface area contributed by atoms with Crippen LogP contribution in [0.2, 0.25) is 0 Å². The number of aromatic nitrogens is 4. The topological polar surface area (TPSA) is 111 Å². The minimum Gasteiger partial charge on any atom is -0.454 e. The van der Waals surface area contributed by atoms with Gasteiger partial charge in [-0.2, -0.15) is 5.10 Å². The first-order valence-electron chi connectivity index (χ1n) is 10.9. The van der Waals surface area contributed by atoms with Gasteiger partial charge in [-0.25, -0.2) is 4.39 Å². The number of benzene rings is 1. The van der Waals surface area contributed by atoms with Crippen molar-refractivity contribution >= 4 is 23.2 Å². The Kier molecular flexibility index (Phi) is 5.69. The molecule has 0 radical (unpaired) electrons. The molecule has 0 unspecified atom stereocenters. The fraction of sp³-hybridized carbons (Fsp3) is 0.160. The second-order valence-electron chi connectivity index (χ2n) is 8.25. The molecule has 0 bridgehead atoms. The van der Waals surface area contributed by atoms with Crippen LogP contribution in [-0.4, -0.2) is 31.6 Å². The number of rotatable bonds is 7. The Balaban J connectivity index is 1.26. The Bertz CT molecular complexity index is 1400. The zero-order valence-corrected chi connectivity index (χ0v) is 18.7. The highest BCUT2D eigenvalue weighted by atomic mass is 19.1. The molecule has 10 heteroatoms. The molecule has 1 saturated carbocycles. The van der Waals surface area contributed by atoms with Gasteiger partial charge in [-0.3, -0.25) is 24.2 Å². The molecule has 3 heterocycles. The number of carbonyl (C=O) groups is 2. The number of pyridine rings is 2. The van der Waals surface area contributed by atoms with Crippen LogP contribution in [0.5, 0.6) is 11.5 Å². The molecule has 3 aromatic heterocycles. The van der Waals surface area contributed by atoms with E-state index in [-0.39, 0.29) is 11.4 Å². The van der Waals surface area contributed by atoms with Gasteiger partial charge in [0.15, 0.2) is 11.6 Å². The lowest BCUT2D eigenvalue weighted by atomic mass is 10.0. The highest BCUT2D eigenvalue weighted by Gasteiger charge is 2.56. The first-order valence-corrected chi connectivity index (χ1v) is 10.9. The highest BCUT2D eigenvalue weighted by Crippen LogP contribution is 2.47. The largest absolute Gasteiger partial charge is 0.454 e. The molecular weight excluding hydrogens is 451 g/mol. The number of anilines is 2. The number of amides is 2. The number of ether oxygens (including phenoxy) is 1. The van der Waals surface area contributed by atoms with Crippen molar-refractivity contribution in [3.8, 4) is 22.8 Å². The number of nitrogens with zero attached hydrogens (tertiary/aromatic N) is 4. The van der Waals surface area contributed by atoms with Crippen LogP contribution in [0.3, 0.4) is 0 Å². The fourth-order valence-electron chi connectivity index (χ4n) is 3.59. The quantitative estimate of drug-likeness (QED) is 0.391. The molecule has 0 atom stereocenters. The van der Waals surface area contributed by atoms with E-state index in [0.717, 1.165) is 11.6 Å². The molecule has 9 nitrogen and oxygen atoms in total. The summed E-state index contributed by atoms with van der Waals surface area (Å²) in [5.74, 6) is -1.15. The lowest BCUT2D eigenvalue weighted by Crippen LogP contribution is -2.35. The predicted molar refractivity (Wildman–Crippen MR) is 126 cm³/mol. The van der Waals surface area contributed by atoms with Gasteiger partial charge in [0.25, 0.3) is 0 Å². The Morgan fingerprint density at radius 2 is 1.74 bits per heavy atom. The normalized spacial score (nSPS) is 13.7. The van der Waals surface area contributed by atoms with Crippen molar-refractivity contribution in [2.24, 2.45) is 12.5 Å². The Labute approximate surface area is 200 Å².